The molecule has 0 saturated carbocycles. The lowest BCUT2D eigenvalue weighted by molar-refractivity contribution is -0.142. The fourth-order valence-electron chi connectivity index (χ4n) is 1.44. The van der Waals surface area contributed by atoms with Gasteiger partial charge in [0.05, 0.1) is 11.7 Å². The second-order valence-corrected chi connectivity index (χ2v) is 4.52. The first-order valence-electron chi connectivity index (χ1n) is 4.72. The third-order valence-corrected chi connectivity index (χ3v) is 2.93. The third-order valence-electron chi connectivity index (χ3n) is 2.38. The van der Waals surface area contributed by atoms with Gasteiger partial charge in [-0.15, -0.1) is 12.4 Å². The van der Waals surface area contributed by atoms with Crippen LogP contribution in [0.1, 0.15) is 12.5 Å². The molecule has 0 fully saturated rings. The van der Waals surface area contributed by atoms with Crippen molar-refractivity contribution in [3.8, 4) is 0 Å². The van der Waals surface area contributed by atoms with Crippen molar-refractivity contribution >= 4 is 41.1 Å². The van der Waals surface area contributed by atoms with Crippen LogP contribution >= 0.6 is 24.1 Å². The van der Waals surface area contributed by atoms with Gasteiger partial charge in [0, 0.05) is 6.42 Å². The number of nitrogens with two attached hydrogens (primary N) is 1. The van der Waals surface area contributed by atoms with E-state index in [4.69, 9.17) is 10.8 Å². The summed E-state index contributed by atoms with van der Waals surface area (Å²) in [6.45, 7) is 1.50. The smallest absolute Gasteiger partial charge is 0.323 e. The molecule has 92 valence electrons. The first-order chi connectivity index (χ1) is 7.49. The minimum atomic E-state index is -1.25. The topological polar surface area (TPSA) is 89.1 Å². The maximum Gasteiger partial charge on any atom is 0.323 e. The average Bonchev–Trinajstić information content (AvgIpc) is 2.63. The zero-order valence-corrected chi connectivity index (χ0v) is 10.7. The van der Waals surface area contributed by atoms with Crippen molar-refractivity contribution < 1.29 is 9.90 Å². The number of carbonyl (C=O) groups is 1. The summed E-state index contributed by atoms with van der Waals surface area (Å²) in [4.78, 5) is 10.9. The van der Waals surface area contributed by atoms with Crippen LogP contribution in [-0.2, 0) is 11.2 Å². The summed E-state index contributed by atoms with van der Waals surface area (Å²) >= 11 is 1.14. The lowest BCUT2D eigenvalue weighted by Crippen LogP contribution is -2.46. The Labute approximate surface area is 108 Å². The second kappa shape index (κ2) is 4.95. The lowest BCUT2D eigenvalue weighted by Gasteiger charge is -2.18. The Hall–Kier alpha value is -1.24. The van der Waals surface area contributed by atoms with E-state index in [1.54, 1.807) is 0 Å². The maximum atomic E-state index is 10.9. The van der Waals surface area contributed by atoms with Gasteiger partial charge < -0.3 is 10.8 Å². The van der Waals surface area contributed by atoms with E-state index in [1.165, 1.54) is 6.92 Å². The Balaban J connectivity index is 0.00000144. The Morgan fingerprint density at radius 1 is 1.47 bits per heavy atom. The van der Waals surface area contributed by atoms with E-state index in [1.807, 2.05) is 18.2 Å². The molecule has 7 heteroatoms. The molecule has 0 radical (unpaired) electrons. The largest absolute Gasteiger partial charge is 0.480 e. The van der Waals surface area contributed by atoms with Crippen LogP contribution in [0.15, 0.2) is 18.2 Å². The van der Waals surface area contributed by atoms with Crippen molar-refractivity contribution in [2.24, 2.45) is 5.73 Å². The van der Waals surface area contributed by atoms with Gasteiger partial charge in [-0.25, -0.2) is 0 Å². The number of hydrogen-bond acceptors (Lipinski definition) is 5. The minimum absolute atomic E-state index is 0. The molecule has 1 aromatic heterocycles. The van der Waals surface area contributed by atoms with Crippen molar-refractivity contribution in [1.82, 2.24) is 8.75 Å². The van der Waals surface area contributed by atoms with Crippen LogP contribution in [0.25, 0.3) is 11.0 Å². The molecule has 2 aromatic rings. The number of benzene rings is 1. The molecule has 0 aliphatic carbocycles. The molecule has 3 N–H and O–H groups in total. The summed E-state index contributed by atoms with van der Waals surface area (Å²) in [5.41, 5.74) is 6.88. The van der Waals surface area contributed by atoms with Crippen LogP contribution < -0.4 is 5.73 Å². The number of rotatable bonds is 3. The molecular formula is C10H12ClN3O2S. The zero-order valence-electron chi connectivity index (χ0n) is 9.08. The van der Waals surface area contributed by atoms with Crippen LogP contribution in [0.5, 0.6) is 0 Å². The summed E-state index contributed by atoms with van der Waals surface area (Å²) in [5, 5.41) is 8.92. The molecule has 0 spiro atoms. The molecule has 1 heterocycles. The van der Waals surface area contributed by atoms with Gasteiger partial charge >= 0.3 is 5.97 Å². The molecule has 0 saturated heterocycles. The highest BCUT2D eigenvalue weighted by atomic mass is 35.5. The maximum absolute atomic E-state index is 10.9. The summed E-state index contributed by atoms with van der Waals surface area (Å²) in [6.07, 6.45) is 0.274. The molecule has 0 aliphatic heterocycles. The highest BCUT2D eigenvalue weighted by Crippen LogP contribution is 2.17. The van der Waals surface area contributed by atoms with E-state index in [9.17, 15) is 4.79 Å². The van der Waals surface area contributed by atoms with Gasteiger partial charge in [0.2, 0.25) is 0 Å². The van der Waals surface area contributed by atoms with Crippen LogP contribution in [0.3, 0.4) is 0 Å². The number of aromatic nitrogens is 2. The number of halogens is 1. The van der Waals surface area contributed by atoms with E-state index in [0.717, 1.165) is 28.3 Å². The quantitative estimate of drug-likeness (QED) is 0.884. The molecule has 0 unspecified atom stereocenters. The average molecular weight is 274 g/mol. The van der Waals surface area contributed by atoms with Crippen molar-refractivity contribution in [1.29, 1.82) is 0 Å². The van der Waals surface area contributed by atoms with Crippen LogP contribution in [-0.4, -0.2) is 25.4 Å². The fraction of sp³-hybridized carbons (Fsp3) is 0.300. The van der Waals surface area contributed by atoms with Crippen LogP contribution in [0, 0.1) is 0 Å². The number of nitrogens with zero attached hydrogens (tertiary/aromatic N) is 2. The summed E-state index contributed by atoms with van der Waals surface area (Å²) in [7, 11) is 0. The molecule has 2 rings (SSSR count). The number of aliphatic carboxylic acids is 1. The molecule has 0 aliphatic rings. The zero-order chi connectivity index (χ0) is 11.8. The van der Waals surface area contributed by atoms with Crippen molar-refractivity contribution in [2.75, 3.05) is 0 Å². The van der Waals surface area contributed by atoms with E-state index in [-0.39, 0.29) is 18.8 Å². The molecule has 1 atom stereocenters. The molecule has 0 bridgehead atoms. The van der Waals surface area contributed by atoms with Gasteiger partial charge in [0.15, 0.2) is 0 Å². The predicted molar refractivity (Wildman–Crippen MR) is 68.6 cm³/mol. The summed E-state index contributed by atoms with van der Waals surface area (Å²) < 4.78 is 8.17. The van der Waals surface area contributed by atoms with E-state index >= 15 is 0 Å². The van der Waals surface area contributed by atoms with E-state index in [0.29, 0.717) is 0 Å². The Morgan fingerprint density at radius 2 is 2.12 bits per heavy atom. The van der Waals surface area contributed by atoms with Gasteiger partial charge in [-0.1, -0.05) is 6.07 Å². The Kier molecular flexibility index (Phi) is 4.03. The molecule has 17 heavy (non-hydrogen) atoms. The van der Waals surface area contributed by atoms with Gasteiger partial charge in [0.25, 0.3) is 0 Å². The van der Waals surface area contributed by atoms with Gasteiger partial charge in [-0.2, -0.15) is 8.75 Å². The number of carboxylic acids is 1. The van der Waals surface area contributed by atoms with Crippen LogP contribution in [0.2, 0.25) is 0 Å². The third kappa shape index (κ3) is 2.91. The monoisotopic (exact) mass is 273 g/mol. The molecule has 1 aromatic carbocycles. The van der Waals surface area contributed by atoms with E-state index < -0.39 is 11.5 Å². The first kappa shape index (κ1) is 13.8. The second-order valence-electron chi connectivity index (χ2n) is 3.99. The van der Waals surface area contributed by atoms with Gasteiger partial charge in [-0.05, 0) is 24.6 Å². The van der Waals surface area contributed by atoms with Crippen LogP contribution in [0.4, 0.5) is 0 Å². The summed E-state index contributed by atoms with van der Waals surface area (Å²) in [5.74, 6) is -1.01. The van der Waals surface area contributed by atoms with E-state index in [2.05, 4.69) is 8.75 Å². The Bertz CT molecular complexity index is 541. The van der Waals surface area contributed by atoms with Crippen molar-refractivity contribution in [3.63, 3.8) is 0 Å². The first-order valence-corrected chi connectivity index (χ1v) is 5.45. The van der Waals surface area contributed by atoms with Crippen molar-refractivity contribution in [3.05, 3.63) is 23.8 Å². The predicted octanol–water partition coefficient (Wildman–Crippen LogP) is 1.46. The SMILES string of the molecule is C[C@](N)(Cc1ccc2nsnc2c1)C(=O)O.Cl. The summed E-state index contributed by atoms with van der Waals surface area (Å²) in [6, 6.07) is 5.48. The van der Waals surface area contributed by atoms with Crippen molar-refractivity contribution in [2.45, 2.75) is 18.9 Å². The molecule has 0 amide bonds. The Morgan fingerprint density at radius 3 is 2.76 bits per heavy atom. The highest BCUT2D eigenvalue weighted by molar-refractivity contribution is 7.00. The van der Waals surface area contributed by atoms with Gasteiger partial charge in [0.1, 0.15) is 16.6 Å². The molecular weight excluding hydrogens is 262 g/mol. The van der Waals surface area contributed by atoms with Gasteiger partial charge in [-0.3, -0.25) is 4.79 Å². The number of fused-ring (bicyclic) bond motifs is 1. The number of carboxylic acid groups (broad SMARTS) is 1. The standard InChI is InChI=1S/C10H11N3O2S.ClH/c1-10(11,9(14)15)5-6-2-3-7-8(4-6)13-16-12-7;/h2-4H,5,11H2,1H3,(H,14,15);1H/t10-;/m0./s1. The molecule has 5 nitrogen and oxygen atoms in total. The fourth-order valence-corrected chi connectivity index (χ4v) is 1.95. The highest BCUT2D eigenvalue weighted by Gasteiger charge is 2.28. The normalized spacial score (nSPS) is 14.0. The number of hydrogen-bond donors (Lipinski definition) is 2. The minimum Gasteiger partial charge on any atom is -0.480 e. The lowest BCUT2D eigenvalue weighted by atomic mass is 9.94.